The van der Waals surface area contributed by atoms with Gasteiger partial charge in [0.2, 0.25) is 0 Å². The Labute approximate surface area is 290 Å². The second-order valence-electron chi connectivity index (χ2n) is 15.4. The van der Waals surface area contributed by atoms with Crippen LogP contribution in [0, 0.1) is 12.8 Å². The summed E-state index contributed by atoms with van der Waals surface area (Å²) in [7, 11) is 0.921. The van der Waals surface area contributed by atoms with E-state index < -0.39 is 0 Å². The number of para-hydroxylation sites is 3. The highest BCUT2D eigenvalue weighted by Gasteiger charge is 2.40. The molecule has 1 N–H and O–H groups in total. The molecule has 49 heavy (non-hydrogen) atoms. The van der Waals surface area contributed by atoms with Crippen LogP contribution in [0.15, 0.2) is 115 Å². The maximum absolute atomic E-state index is 3.99. The first kappa shape index (κ1) is 28.9. The third-order valence-electron chi connectivity index (χ3n) is 12.1. The van der Waals surface area contributed by atoms with Crippen LogP contribution in [0.2, 0.25) is 0 Å². The summed E-state index contributed by atoms with van der Waals surface area (Å²) in [6, 6.07) is 43.8. The highest BCUT2D eigenvalue weighted by molar-refractivity contribution is 6.73. The zero-order valence-corrected chi connectivity index (χ0v) is 28.9. The number of nitrogens with zero attached hydrogens (tertiary/aromatic N) is 1. The Kier molecular flexibility index (Phi) is 6.20. The maximum Gasteiger partial charge on any atom is 0.198 e. The molecule has 1 aliphatic heterocycles. The van der Waals surface area contributed by atoms with Crippen LogP contribution < -0.4 is 16.2 Å². The van der Waals surface area contributed by atoms with Gasteiger partial charge in [0.05, 0.1) is 5.52 Å². The molecule has 1 aromatic heterocycles. The maximum atomic E-state index is 3.99. The Morgan fingerprint density at radius 3 is 2.41 bits per heavy atom. The predicted molar refractivity (Wildman–Crippen MR) is 210 cm³/mol. The summed E-state index contributed by atoms with van der Waals surface area (Å²) in [6.07, 6.45) is 3.85. The highest BCUT2D eigenvalue weighted by Crippen LogP contribution is 2.54. The van der Waals surface area contributed by atoms with E-state index in [2.05, 4.69) is 153 Å². The van der Waals surface area contributed by atoms with Crippen LogP contribution in [0.1, 0.15) is 68.2 Å². The molecular formula is C46H41BN2. The number of anilines is 2. The minimum Gasteiger partial charge on any atom is -0.355 e. The first-order valence-electron chi connectivity index (χ1n) is 18.2. The van der Waals surface area contributed by atoms with E-state index in [0.29, 0.717) is 5.92 Å². The summed E-state index contributed by atoms with van der Waals surface area (Å²) in [4.78, 5) is 0. The highest BCUT2D eigenvalue weighted by atomic mass is 15.0. The fraction of sp³-hybridized carbons (Fsp3) is 0.217. The number of aryl methyl sites for hydroxylation is 1. The Morgan fingerprint density at radius 2 is 1.53 bits per heavy atom. The van der Waals surface area contributed by atoms with Crippen LogP contribution in [-0.4, -0.2) is 11.8 Å². The standard InChI is InChI=1S/C46H41BN2/c1-5-13-28-22-33(28)29-23-36(44-43(24-29)49-42-21-11-8-16-31(42)32-17-12-19-39(47-44)45(32)49)35-25-34-30-15-7-9-18-37(30)46(3,4)38(34)26-41(35)48-40-20-10-6-14-27(40)2/h6-12,14-21,23-26,28,33,47-48H,5,13,22H2,1-4H3. The summed E-state index contributed by atoms with van der Waals surface area (Å²) < 4.78 is 2.60. The van der Waals surface area contributed by atoms with Gasteiger partial charge in [-0.1, -0.05) is 124 Å². The first-order chi connectivity index (χ1) is 23.9. The van der Waals surface area contributed by atoms with Gasteiger partial charge in [0.1, 0.15) is 0 Å². The molecule has 2 aliphatic carbocycles. The second-order valence-corrected chi connectivity index (χ2v) is 15.4. The lowest BCUT2D eigenvalue weighted by molar-refractivity contribution is 0.660. The fourth-order valence-electron chi connectivity index (χ4n) is 9.47. The second kappa shape index (κ2) is 10.5. The lowest BCUT2D eigenvalue weighted by atomic mass is 9.58. The van der Waals surface area contributed by atoms with Gasteiger partial charge >= 0.3 is 0 Å². The van der Waals surface area contributed by atoms with Gasteiger partial charge in [-0.2, -0.15) is 0 Å². The van der Waals surface area contributed by atoms with E-state index in [9.17, 15) is 0 Å². The normalized spacial score (nSPS) is 17.8. The number of aromatic nitrogens is 1. The molecule has 1 fully saturated rings. The van der Waals surface area contributed by atoms with Gasteiger partial charge in [0, 0.05) is 44.3 Å². The lowest BCUT2D eigenvalue weighted by Gasteiger charge is -2.27. The number of benzene rings is 6. The van der Waals surface area contributed by atoms with Crippen LogP contribution in [0.5, 0.6) is 0 Å². The molecule has 2 nitrogen and oxygen atoms in total. The van der Waals surface area contributed by atoms with Crippen LogP contribution in [0.4, 0.5) is 11.4 Å². The van der Waals surface area contributed by atoms with E-state index >= 15 is 0 Å². The van der Waals surface area contributed by atoms with Crippen LogP contribution in [0.3, 0.4) is 0 Å². The van der Waals surface area contributed by atoms with Crippen molar-refractivity contribution < 1.29 is 0 Å². The van der Waals surface area contributed by atoms with Crippen molar-refractivity contribution in [1.29, 1.82) is 0 Å². The first-order valence-corrected chi connectivity index (χ1v) is 18.2. The largest absolute Gasteiger partial charge is 0.355 e. The van der Waals surface area contributed by atoms with E-state index in [0.717, 1.165) is 18.9 Å². The number of hydrogen-bond donors (Lipinski definition) is 1. The van der Waals surface area contributed by atoms with Crippen molar-refractivity contribution >= 4 is 51.4 Å². The molecule has 7 aromatic rings. The molecule has 0 spiro atoms. The van der Waals surface area contributed by atoms with Crippen molar-refractivity contribution in [3.63, 3.8) is 0 Å². The van der Waals surface area contributed by atoms with Crippen LogP contribution in [-0.2, 0) is 5.41 Å². The van der Waals surface area contributed by atoms with Crippen molar-refractivity contribution in [2.45, 2.75) is 58.3 Å². The molecule has 6 aromatic carbocycles. The predicted octanol–water partition coefficient (Wildman–Crippen LogP) is 10.4. The molecule has 3 aliphatic rings. The zero-order chi connectivity index (χ0) is 33.0. The molecule has 2 atom stereocenters. The summed E-state index contributed by atoms with van der Waals surface area (Å²) in [5, 5.41) is 6.69. The third kappa shape index (κ3) is 4.21. The molecule has 0 amide bonds. The lowest BCUT2D eigenvalue weighted by Crippen LogP contribution is -2.37. The Bertz CT molecular complexity index is 2500. The van der Waals surface area contributed by atoms with Crippen molar-refractivity contribution in [1.82, 2.24) is 4.57 Å². The van der Waals surface area contributed by atoms with Gasteiger partial charge in [-0.15, -0.1) is 0 Å². The molecule has 1 saturated carbocycles. The van der Waals surface area contributed by atoms with Crippen molar-refractivity contribution in [3.05, 3.63) is 138 Å². The molecule has 3 heteroatoms. The van der Waals surface area contributed by atoms with Gasteiger partial charge in [-0.3, -0.25) is 0 Å². The van der Waals surface area contributed by atoms with Gasteiger partial charge in [0.15, 0.2) is 7.28 Å². The fourth-order valence-corrected chi connectivity index (χ4v) is 9.47. The number of rotatable bonds is 6. The average molecular weight is 633 g/mol. The zero-order valence-electron chi connectivity index (χ0n) is 28.9. The van der Waals surface area contributed by atoms with Crippen molar-refractivity contribution in [2.24, 2.45) is 5.92 Å². The molecule has 238 valence electrons. The number of hydrogen-bond acceptors (Lipinski definition) is 1. The molecule has 2 unspecified atom stereocenters. The van der Waals surface area contributed by atoms with Gasteiger partial charge in [0.25, 0.3) is 0 Å². The van der Waals surface area contributed by atoms with Crippen LogP contribution in [0.25, 0.3) is 49.7 Å². The van der Waals surface area contributed by atoms with E-state index in [-0.39, 0.29) is 5.41 Å². The van der Waals surface area contributed by atoms with Gasteiger partial charge < -0.3 is 9.88 Å². The summed E-state index contributed by atoms with van der Waals surface area (Å²) >= 11 is 0. The monoisotopic (exact) mass is 632 g/mol. The van der Waals surface area contributed by atoms with Gasteiger partial charge in [-0.05, 0) is 99.9 Å². The topological polar surface area (TPSA) is 17.0 Å². The Morgan fingerprint density at radius 1 is 0.735 bits per heavy atom. The Balaban J connectivity index is 1.28. The SMILES string of the molecule is CCCC1CC1c1cc(-c2cc3c(cc2Nc2ccccc2C)C(C)(C)c2ccccc2-3)c2c(c1)-n1c3ccccc3c3cccc(c31)B2. The van der Waals surface area contributed by atoms with Gasteiger partial charge in [-0.25, -0.2) is 0 Å². The average Bonchev–Trinajstić information content (AvgIpc) is 3.76. The van der Waals surface area contributed by atoms with E-state index in [1.807, 2.05) is 0 Å². The minimum atomic E-state index is -0.0795. The summed E-state index contributed by atoms with van der Waals surface area (Å²) in [6.45, 7) is 9.31. The Hall–Kier alpha value is -5.02. The van der Waals surface area contributed by atoms with E-state index in [1.165, 1.54) is 108 Å². The molecule has 0 bridgehead atoms. The number of nitrogens with one attached hydrogen (secondary N) is 1. The molecule has 0 saturated heterocycles. The molecule has 10 rings (SSSR count). The van der Waals surface area contributed by atoms with E-state index in [1.54, 1.807) is 0 Å². The minimum absolute atomic E-state index is 0.0795. The van der Waals surface area contributed by atoms with E-state index in [4.69, 9.17) is 0 Å². The van der Waals surface area contributed by atoms with Crippen molar-refractivity contribution in [2.75, 3.05) is 5.32 Å². The smallest absolute Gasteiger partial charge is 0.198 e. The number of fused-ring (bicyclic) bond motifs is 8. The summed E-state index contributed by atoms with van der Waals surface area (Å²) in [5.74, 6) is 1.41. The van der Waals surface area contributed by atoms with Crippen molar-refractivity contribution in [3.8, 4) is 27.9 Å². The quantitative estimate of drug-likeness (QED) is 0.181. The molecule has 2 heterocycles. The third-order valence-corrected chi connectivity index (χ3v) is 12.1. The van der Waals surface area contributed by atoms with Crippen LogP contribution >= 0.6 is 0 Å². The molecule has 0 radical (unpaired) electrons. The molecular weight excluding hydrogens is 591 g/mol. The summed E-state index contributed by atoms with van der Waals surface area (Å²) in [5.41, 5.74) is 20.1.